The maximum atomic E-state index is 12.9. The van der Waals surface area contributed by atoms with Crippen molar-refractivity contribution in [2.45, 2.75) is 6.42 Å². The molecule has 1 aliphatic heterocycles. The Morgan fingerprint density at radius 3 is 3.15 bits per heavy atom. The molecular weight excluding hydrogens is 237 g/mol. The van der Waals surface area contributed by atoms with Crippen molar-refractivity contribution < 1.29 is 4.39 Å². The van der Waals surface area contributed by atoms with Crippen LogP contribution >= 0.6 is 15.9 Å². The maximum absolute atomic E-state index is 12.9. The predicted molar refractivity (Wildman–Crippen MR) is 51.9 cm³/mol. The van der Waals surface area contributed by atoms with Crippen LogP contribution in [-0.2, 0) is 0 Å². The van der Waals surface area contributed by atoms with Crippen LogP contribution in [-0.4, -0.2) is 18.1 Å². The minimum atomic E-state index is -0.313. The third-order valence-corrected chi connectivity index (χ3v) is 2.55. The first-order chi connectivity index (χ1) is 6.27. The smallest absolute Gasteiger partial charge is 0.143 e. The molecule has 0 aliphatic carbocycles. The number of anilines is 1. The zero-order valence-electron chi connectivity index (χ0n) is 6.93. The predicted octanol–water partition coefficient (Wildman–Crippen LogP) is 1.70. The van der Waals surface area contributed by atoms with Gasteiger partial charge in [-0.1, -0.05) is 0 Å². The number of nitrogens with one attached hydrogen (secondary N) is 1. The van der Waals surface area contributed by atoms with Crippen LogP contribution in [0, 0.1) is 5.82 Å². The van der Waals surface area contributed by atoms with E-state index in [4.69, 9.17) is 0 Å². The van der Waals surface area contributed by atoms with Gasteiger partial charge in [-0.05, 0) is 22.4 Å². The van der Waals surface area contributed by atoms with Crippen molar-refractivity contribution in [2.75, 3.05) is 18.1 Å². The Labute approximate surface area is 84.1 Å². The van der Waals surface area contributed by atoms with Gasteiger partial charge in [-0.25, -0.2) is 14.8 Å². The Morgan fingerprint density at radius 1 is 1.62 bits per heavy atom. The number of halogens is 2. The third kappa shape index (κ3) is 1.81. The highest BCUT2D eigenvalue weighted by atomic mass is 79.9. The first-order valence-electron chi connectivity index (χ1n) is 4.09. The van der Waals surface area contributed by atoms with Gasteiger partial charge in [0.25, 0.3) is 0 Å². The van der Waals surface area contributed by atoms with Crippen molar-refractivity contribution >= 4 is 21.6 Å². The number of rotatable bonds is 1. The molecule has 2 heterocycles. The molecule has 0 unspecified atom stereocenters. The molecule has 0 spiro atoms. The van der Waals surface area contributed by atoms with E-state index in [0.717, 1.165) is 25.2 Å². The minimum absolute atomic E-state index is 0.313. The van der Waals surface area contributed by atoms with Crippen molar-refractivity contribution in [2.24, 2.45) is 0 Å². The highest BCUT2D eigenvalue weighted by molar-refractivity contribution is 9.10. The van der Waals surface area contributed by atoms with Crippen molar-refractivity contribution in [1.82, 2.24) is 10.4 Å². The highest BCUT2D eigenvalue weighted by Crippen LogP contribution is 2.24. The highest BCUT2D eigenvalue weighted by Gasteiger charge is 2.15. The van der Waals surface area contributed by atoms with Gasteiger partial charge in [-0.3, -0.25) is 0 Å². The molecule has 1 aliphatic rings. The first-order valence-corrected chi connectivity index (χ1v) is 4.89. The van der Waals surface area contributed by atoms with Crippen LogP contribution in [0.3, 0.4) is 0 Å². The lowest BCUT2D eigenvalue weighted by atomic mass is 10.4. The Hall–Kier alpha value is -0.680. The van der Waals surface area contributed by atoms with E-state index in [-0.39, 0.29) is 5.82 Å². The fraction of sp³-hybridized carbons (Fsp3) is 0.375. The molecule has 1 aromatic rings. The van der Waals surface area contributed by atoms with E-state index < -0.39 is 0 Å². The second kappa shape index (κ2) is 3.59. The number of nitrogens with zero attached hydrogens (tertiary/aromatic N) is 2. The molecular formula is C8H9BrFN3. The standard InChI is InChI=1S/C8H9BrFN3/c9-8-7(4-6(10)5-11-8)13-3-1-2-12-13/h4-5,12H,1-3H2. The maximum Gasteiger partial charge on any atom is 0.143 e. The molecule has 0 atom stereocenters. The summed E-state index contributed by atoms with van der Waals surface area (Å²) in [6.07, 6.45) is 2.27. The van der Waals surface area contributed by atoms with Gasteiger partial charge in [0.1, 0.15) is 10.4 Å². The molecule has 1 saturated heterocycles. The molecule has 0 bridgehead atoms. The monoisotopic (exact) mass is 245 g/mol. The Kier molecular flexibility index (Phi) is 2.46. The lowest BCUT2D eigenvalue weighted by Gasteiger charge is -2.18. The SMILES string of the molecule is Fc1cnc(Br)c(N2CCCN2)c1. The van der Waals surface area contributed by atoms with E-state index in [1.54, 1.807) is 0 Å². The zero-order valence-corrected chi connectivity index (χ0v) is 8.51. The van der Waals surface area contributed by atoms with Crippen LogP contribution in [0.25, 0.3) is 0 Å². The van der Waals surface area contributed by atoms with Gasteiger partial charge in [0.2, 0.25) is 0 Å². The fourth-order valence-electron chi connectivity index (χ4n) is 1.34. The molecule has 1 aromatic heterocycles. The van der Waals surface area contributed by atoms with Crippen LogP contribution < -0.4 is 10.4 Å². The summed E-state index contributed by atoms with van der Waals surface area (Å²) < 4.78 is 13.5. The van der Waals surface area contributed by atoms with E-state index >= 15 is 0 Å². The van der Waals surface area contributed by atoms with Crippen LogP contribution in [0.4, 0.5) is 10.1 Å². The van der Waals surface area contributed by atoms with E-state index in [2.05, 4.69) is 26.3 Å². The molecule has 70 valence electrons. The number of hydrazine groups is 1. The normalized spacial score (nSPS) is 16.6. The average Bonchev–Trinajstić information content (AvgIpc) is 2.61. The summed E-state index contributed by atoms with van der Waals surface area (Å²) in [4.78, 5) is 3.88. The zero-order chi connectivity index (χ0) is 9.26. The molecule has 0 amide bonds. The second-order valence-corrected chi connectivity index (χ2v) is 3.63. The summed E-state index contributed by atoms with van der Waals surface area (Å²) in [5.41, 5.74) is 3.90. The first kappa shape index (κ1) is 8.90. The number of pyridine rings is 1. The summed E-state index contributed by atoms with van der Waals surface area (Å²) in [6, 6.07) is 1.47. The van der Waals surface area contributed by atoms with Crippen LogP contribution in [0.2, 0.25) is 0 Å². The fourth-order valence-corrected chi connectivity index (χ4v) is 1.77. The van der Waals surface area contributed by atoms with Crippen molar-refractivity contribution in [3.05, 3.63) is 22.7 Å². The molecule has 5 heteroatoms. The summed E-state index contributed by atoms with van der Waals surface area (Å²) >= 11 is 3.28. The van der Waals surface area contributed by atoms with Crippen molar-refractivity contribution in [3.8, 4) is 0 Å². The molecule has 2 rings (SSSR count). The molecule has 3 nitrogen and oxygen atoms in total. The van der Waals surface area contributed by atoms with Crippen LogP contribution in [0.1, 0.15) is 6.42 Å². The number of aromatic nitrogens is 1. The van der Waals surface area contributed by atoms with Crippen molar-refractivity contribution in [1.29, 1.82) is 0 Å². The second-order valence-electron chi connectivity index (χ2n) is 2.88. The van der Waals surface area contributed by atoms with Gasteiger partial charge < -0.3 is 5.01 Å². The number of hydrogen-bond acceptors (Lipinski definition) is 3. The lowest BCUT2D eigenvalue weighted by Crippen LogP contribution is -2.30. The summed E-state index contributed by atoms with van der Waals surface area (Å²) in [6.45, 7) is 1.83. The minimum Gasteiger partial charge on any atom is -0.306 e. The van der Waals surface area contributed by atoms with E-state index in [1.807, 2.05) is 5.01 Å². The molecule has 1 fully saturated rings. The number of hydrogen-bond donors (Lipinski definition) is 1. The van der Waals surface area contributed by atoms with Gasteiger partial charge in [-0.15, -0.1) is 0 Å². The Bertz CT molecular complexity index is 312. The van der Waals surface area contributed by atoms with E-state index in [1.165, 1.54) is 12.3 Å². The largest absolute Gasteiger partial charge is 0.306 e. The topological polar surface area (TPSA) is 28.2 Å². The van der Waals surface area contributed by atoms with E-state index in [9.17, 15) is 4.39 Å². The summed E-state index contributed by atoms with van der Waals surface area (Å²) in [5, 5.41) is 1.90. The van der Waals surface area contributed by atoms with Crippen molar-refractivity contribution in [3.63, 3.8) is 0 Å². The lowest BCUT2D eigenvalue weighted by molar-refractivity contribution is 0.618. The third-order valence-electron chi connectivity index (χ3n) is 1.94. The van der Waals surface area contributed by atoms with Gasteiger partial charge in [0.05, 0.1) is 11.9 Å². The quantitative estimate of drug-likeness (QED) is 0.764. The van der Waals surface area contributed by atoms with Gasteiger partial charge in [-0.2, -0.15) is 0 Å². The van der Waals surface area contributed by atoms with Crippen LogP contribution in [0.5, 0.6) is 0 Å². The van der Waals surface area contributed by atoms with Gasteiger partial charge in [0, 0.05) is 19.2 Å². The summed E-state index contributed by atoms with van der Waals surface area (Å²) in [5.74, 6) is -0.313. The molecule has 1 N–H and O–H groups in total. The van der Waals surface area contributed by atoms with Gasteiger partial charge >= 0.3 is 0 Å². The molecule has 0 radical (unpaired) electrons. The average molecular weight is 246 g/mol. The molecule has 0 saturated carbocycles. The van der Waals surface area contributed by atoms with Crippen LogP contribution in [0.15, 0.2) is 16.9 Å². The Morgan fingerprint density at radius 2 is 2.46 bits per heavy atom. The van der Waals surface area contributed by atoms with E-state index in [0.29, 0.717) is 4.60 Å². The molecule has 0 aromatic carbocycles. The summed E-state index contributed by atoms with van der Waals surface area (Å²) in [7, 11) is 0. The Balaban J connectivity index is 2.32. The van der Waals surface area contributed by atoms with Gasteiger partial charge in [0.15, 0.2) is 0 Å². The molecule has 13 heavy (non-hydrogen) atoms.